The third kappa shape index (κ3) is 3.30. The number of thiophene rings is 1. The van der Waals surface area contributed by atoms with Crippen molar-refractivity contribution in [1.29, 1.82) is 0 Å². The van der Waals surface area contributed by atoms with E-state index >= 15 is 0 Å². The highest BCUT2D eigenvalue weighted by Crippen LogP contribution is 2.20. The van der Waals surface area contributed by atoms with Crippen LogP contribution in [0.15, 0.2) is 17.5 Å². The first-order chi connectivity index (χ1) is 7.36. The molecule has 15 heavy (non-hydrogen) atoms. The van der Waals surface area contributed by atoms with Crippen LogP contribution in [0.4, 0.5) is 0 Å². The lowest BCUT2D eigenvalue weighted by Crippen LogP contribution is -2.32. The summed E-state index contributed by atoms with van der Waals surface area (Å²) in [6.45, 7) is 0.820. The van der Waals surface area contributed by atoms with Gasteiger partial charge in [0.05, 0.1) is 12.2 Å². The molecule has 1 aromatic heterocycles. The first-order valence-electron chi connectivity index (χ1n) is 5.68. The summed E-state index contributed by atoms with van der Waals surface area (Å²) in [6, 6.07) is 4.18. The molecule has 2 atom stereocenters. The van der Waals surface area contributed by atoms with Gasteiger partial charge in [0.25, 0.3) is 0 Å². The molecule has 0 saturated carbocycles. The van der Waals surface area contributed by atoms with Gasteiger partial charge in [0.2, 0.25) is 0 Å². The maximum absolute atomic E-state index is 9.95. The maximum Gasteiger partial charge on any atom is 0.0834 e. The number of aryl methyl sites for hydroxylation is 1. The highest BCUT2D eigenvalue weighted by molar-refractivity contribution is 7.09. The Morgan fingerprint density at radius 1 is 1.53 bits per heavy atom. The van der Waals surface area contributed by atoms with Crippen LogP contribution < -0.4 is 0 Å². The monoisotopic (exact) mass is 226 g/mol. The summed E-state index contributed by atoms with van der Waals surface area (Å²) in [6.07, 6.45) is 4.95. The average molecular weight is 226 g/mol. The molecule has 0 spiro atoms. The molecule has 1 fully saturated rings. The number of aliphatic hydroxyl groups excluding tert-OH is 1. The van der Waals surface area contributed by atoms with Gasteiger partial charge in [0.15, 0.2) is 0 Å². The SMILES string of the molecule is OC(CCc1cccs1)C1CCCCO1. The third-order valence-electron chi connectivity index (χ3n) is 2.91. The molecular formula is C12H18O2S. The fourth-order valence-electron chi connectivity index (χ4n) is 2.00. The van der Waals surface area contributed by atoms with Gasteiger partial charge in [0, 0.05) is 11.5 Å². The number of aliphatic hydroxyl groups is 1. The Morgan fingerprint density at radius 3 is 3.13 bits per heavy atom. The lowest BCUT2D eigenvalue weighted by atomic mass is 10.0. The summed E-state index contributed by atoms with van der Waals surface area (Å²) in [7, 11) is 0. The van der Waals surface area contributed by atoms with E-state index in [1.165, 1.54) is 11.3 Å². The molecular weight excluding hydrogens is 208 g/mol. The summed E-state index contributed by atoms with van der Waals surface area (Å²) in [4.78, 5) is 1.35. The van der Waals surface area contributed by atoms with Crippen LogP contribution in [0.3, 0.4) is 0 Å². The Hall–Kier alpha value is -0.380. The van der Waals surface area contributed by atoms with Crippen molar-refractivity contribution >= 4 is 11.3 Å². The van der Waals surface area contributed by atoms with Gasteiger partial charge < -0.3 is 9.84 Å². The predicted octanol–water partition coefficient (Wildman–Crippen LogP) is 2.61. The standard InChI is InChI=1S/C12H18O2S/c13-11(12-5-1-2-8-14-12)7-6-10-4-3-9-15-10/h3-4,9,11-13H,1-2,5-8H2. The molecule has 3 heteroatoms. The van der Waals surface area contributed by atoms with E-state index in [2.05, 4.69) is 17.5 Å². The van der Waals surface area contributed by atoms with Gasteiger partial charge >= 0.3 is 0 Å². The van der Waals surface area contributed by atoms with Gasteiger partial charge in [-0.15, -0.1) is 11.3 Å². The van der Waals surface area contributed by atoms with Crippen LogP contribution in [0, 0.1) is 0 Å². The van der Waals surface area contributed by atoms with E-state index in [0.29, 0.717) is 0 Å². The molecule has 2 rings (SSSR count). The van der Waals surface area contributed by atoms with Crippen LogP contribution in [-0.4, -0.2) is 23.9 Å². The fourth-order valence-corrected chi connectivity index (χ4v) is 2.72. The zero-order valence-electron chi connectivity index (χ0n) is 8.89. The summed E-state index contributed by atoms with van der Waals surface area (Å²) < 4.78 is 5.56. The summed E-state index contributed by atoms with van der Waals surface area (Å²) >= 11 is 1.76. The number of hydrogen-bond acceptors (Lipinski definition) is 3. The summed E-state index contributed by atoms with van der Waals surface area (Å²) in [5, 5.41) is 12.0. The van der Waals surface area contributed by atoms with Crippen LogP contribution in [0.1, 0.15) is 30.6 Å². The Kier molecular flexibility index (Phi) is 4.18. The molecule has 0 aromatic carbocycles. The minimum absolute atomic E-state index is 0.0821. The van der Waals surface area contributed by atoms with Crippen LogP contribution >= 0.6 is 11.3 Å². The third-order valence-corrected chi connectivity index (χ3v) is 3.85. The first-order valence-corrected chi connectivity index (χ1v) is 6.56. The topological polar surface area (TPSA) is 29.5 Å². The van der Waals surface area contributed by atoms with E-state index in [0.717, 1.165) is 32.3 Å². The van der Waals surface area contributed by atoms with Gasteiger partial charge in [0.1, 0.15) is 0 Å². The number of hydrogen-bond donors (Lipinski definition) is 1. The largest absolute Gasteiger partial charge is 0.390 e. The second kappa shape index (κ2) is 5.64. The number of ether oxygens (including phenoxy) is 1. The van der Waals surface area contributed by atoms with E-state index in [1.807, 2.05) is 0 Å². The Bertz CT molecular complexity index is 265. The normalized spacial score (nSPS) is 23.9. The molecule has 0 amide bonds. The van der Waals surface area contributed by atoms with E-state index in [9.17, 15) is 5.11 Å². The summed E-state index contributed by atoms with van der Waals surface area (Å²) in [5.41, 5.74) is 0. The van der Waals surface area contributed by atoms with E-state index in [1.54, 1.807) is 11.3 Å². The predicted molar refractivity (Wildman–Crippen MR) is 62.2 cm³/mol. The lowest BCUT2D eigenvalue weighted by Gasteiger charge is -2.26. The fraction of sp³-hybridized carbons (Fsp3) is 0.667. The minimum Gasteiger partial charge on any atom is -0.390 e. The van der Waals surface area contributed by atoms with Gasteiger partial charge in [-0.1, -0.05) is 6.07 Å². The molecule has 2 heterocycles. The molecule has 0 radical (unpaired) electrons. The second-order valence-electron chi connectivity index (χ2n) is 4.09. The molecule has 2 unspecified atom stereocenters. The van der Waals surface area contributed by atoms with Gasteiger partial charge in [-0.05, 0) is 43.6 Å². The second-order valence-corrected chi connectivity index (χ2v) is 5.12. The van der Waals surface area contributed by atoms with E-state index in [4.69, 9.17) is 4.74 Å². The zero-order valence-corrected chi connectivity index (χ0v) is 9.71. The highest BCUT2D eigenvalue weighted by Gasteiger charge is 2.22. The Morgan fingerprint density at radius 2 is 2.47 bits per heavy atom. The molecule has 0 bridgehead atoms. The van der Waals surface area contributed by atoms with Crippen molar-refractivity contribution in [2.45, 2.75) is 44.3 Å². The van der Waals surface area contributed by atoms with Crippen LogP contribution in [0.2, 0.25) is 0 Å². The Balaban J connectivity index is 1.74. The van der Waals surface area contributed by atoms with Crippen molar-refractivity contribution in [3.8, 4) is 0 Å². The smallest absolute Gasteiger partial charge is 0.0834 e. The van der Waals surface area contributed by atoms with Crippen molar-refractivity contribution in [2.24, 2.45) is 0 Å². The molecule has 2 nitrogen and oxygen atoms in total. The first kappa shape index (κ1) is 11.1. The van der Waals surface area contributed by atoms with Crippen molar-refractivity contribution in [2.75, 3.05) is 6.61 Å². The molecule has 84 valence electrons. The Labute approximate surface area is 94.9 Å². The molecule has 1 saturated heterocycles. The van der Waals surface area contributed by atoms with Crippen LogP contribution in [0.25, 0.3) is 0 Å². The van der Waals surface area contributed by atoms with Crippen molar-refractivity contribution in [1.82, 2.24) is 0 Å². The van der Waals surface area contributed by atoms with Crippen LogP contribution in [-0.2, 0) is 11.2 Å². The van der Waals surface area contributed by atoms with Gasteiger partial charge in [-0.2, -0.15) is 0 Å². The minimum atomic E-state index is -0.285. The van der Waals surface area contributed by atoms with Crippen molar-refractivity contribution in [3.63, 3.8) is 0 Å². The van der Waals surface area contributed by atoms with Crippen LogP contribution in [0.5, 0.6) is 0 Å². The maximum atomic E-state index is 9.95. The summed E-state index contributed by atoms with van der Waals surface area (Å²) in [5.74, 6) is 0. The molecule has 1 N–H and O–H groups in total. The van der Waals surface area contributed by atoms with E-state index in [-0.39, 0.29) is 12.2 Å². The van der Waals surface area contributed by atoms with Gasteiger partial charge in [-0.25, -0.2) is 0 Å². The molecule has 1 aliphatic rings. The van der Waals surface area contributed by atoms with Gasteiger partial charge in [-0.3, -0.25) is 0 Å². The van der Waals surface area contributed by atoms with Crippen molar-refractivity contribution < 1.29 is 9.84 Å². The lowest BCUT2D eigenvalue weighted by molar-refractivity contribution is -0.0639. The average Bonchev–Trinajstić information content (AvgIpc) is 2.80. The number of rotatable bonds is 4. The highest BCUT2D eigenvalue weighted by atomic mass is 32.1. The van der Waals surface area contributed by atoms with E-state index < -0.39 is 0 Å². The zero-order chi connectivity index (χ0) is 10.5. The van der Waals surface area contributed by atoms with Crippen molar-refractivity contribution in [3.05, 3.63) is 22.4 Å². The molecule has 1 aliphatic heterocycles. The molecule has 1 aromatic rings. The quantitative estimate of drug-likeness (QED) is 0.855. The molecule has 0 aliphatic carbocycles.